The maximum atomic E-state index is 13.5. The molecular formula is C25H19FINO4. The summed E-state index contributed by atoms with van der Waals surface area (Å²) < 4.78 is 31.5. The van der Waals surface area contributed by atoms with Gasteiger partial charge in [-0.05, 0) is 89.2 Å². The summed E-state index contributed by atoms with van der Waals surface area (Å²) >= 11 is 2.26. The Morgan fingerprint density at radius 3 is 2.59 bits per heavy atom. The van der Waals surface area contributed by atoms with Crippen molar-refractivity contribution in [1.82, 2.24) is 0 Å². The lowest BCUT2D eigenvalue weighted by molar-refractivity contribution is -0.129. The molecule has 0 atom stereocenters. The molecule has 4 rings (SSSR count). The lowest BCUT2D eigenvalue weighted by atomic mass is 10.1. The minimum absolute atomic E-state index is 0.0725. The number of hydrogen-bond acceptors (Lipinski definition) is 5. The van der Waals surface area contributed by atoms with Crippen LogP contribution < -0.4 is 9.47 Å². The van der Waals surface area contributed by atoms with Crippen LogP contribution in [-0.4, -0.2) is 18.5 Å². The van der Waals surface area contributed by atoms with Gasteiger partial charge in [0.2, 0.25) is 5.90 Å². The van der Waals surface area contributed by atoms with Gasteiger partial charge < -0.3 is 14.2 Å². The second-order valence-electron chi connectivity index (χ2n) is 6.90. The molecular weight excluding hydrogens is 524 g/mol. The summed E-state index contributed by atoms with van der Waals surface area (Å²) in [7, 11) is 0. The van der Waals surface area contributed by atoms with Gasteiger partial charge in [0.15, 0.2) is 17.2 Å². The fraction of sp³-hybridized carbons (Fsp3) is 0.120. The fourth-order valence-corrected chi connectivity index (χ4v) is 3.42. The van der Waals surface area contributed by atoms with E-state index in [1.807, 2.05) is 37.3 Å². The van der Waals surface area contributed by atoms with E-state index in [-0.39, 0.29) is 11.6 Å². The Morgan fingerprint density at radius 2 is 1.84 bits per heavy atom. The highest BCUT2D eigenvalue weighted by Crippen LogP contribution is 2.31. The number of carbonyl (C=O) groups excluding carboxylic acids is 1. The monoisotopic (exact) mass is 543 g/mol. The van der Waals surface area contributed by atoms with E-state index in [0.717, 1.165) is 9.13 Å². The smallest absolute Gasteiger partial charge is 0.363 e. The van der Waals surface area contributed by atoms with Gasteiger partial charge >= 0.3 is 5.97 Å². The average molecular weight is 543 g/mol. The van der Waals surface area contributed by atoms with Crippen LogP contribution in [0.25, 0.3) is 6.08 Å². The Labute approximate surface area is 198 Å². The zero-order valence-electron chi connectivity index (χ0n) is 17.2. The number of esters is 1. The Morgan fingerprint density at radius 1 is 1.03 bits per heavy atom. The molecule has 5 nitrogen and oxygen atoms in total. The van der Waals surface area contributed by atoms with Crippen molar-refractivity contribution in [3.63, 3.8) is 0 Å². The third-order valence-electron chi connectivity index (χ3n) is 4.57. The molecule has 0 saturated carbocycles. The maximum Gasteiger partial charge on any atom is 0.363 e. The van der Waals surface area contributed by atoms with E-state index in [9.17, 15) is 9.18 Å². The van der Waals surface area contributed by atoms with Crippen LogP contribution in [0.2, 0.25) is 0 Å². The molecule has 7 heteroatoms. The van der Waals surface area contributed by atoms with Gasteiger partial charge in [0, 0.05) is 9.13 Å². The Hall–Kier alpha value is -3.20. The zero-order valence-corrected chi connectivity index (χ0v) is 19.3. The number of aliphatic imine (C=N–C) groups is 1. The number of benzene rings is 3. The predicted molar refractivity (Wildman–Crippen MR) is 128 cm³/mol. The lowest BCUT2D eigenvalue weighted by Gasteiger charge is -2.13. The van der Waals surface area contributed by atoms with Crippen LogP contribution >= 0.6 is 22.6 Å². The van der Waals surface area contributed by atoms with Crippen LogP contribution in [0, 0.1) is 9.39 Å². The van der Waals surface area contributed by atoms with Crippen molar-refractivity contribution in [3.05, 3.63) is 98.5 Å². The summed E-state index contributed by atoms with van der Waals surface area (Å²) in [6.45, 7) is 2.76. The summed E-state index contributed by atoms with van der Waals surface area (Å²) in [5.41, 5.74) is 2.27. The van der Waals surface area contributed by atoms with Gasteiger partial charge in [-0.15, -0.1) is 0 Å². The Balaban J connectivity index is 1.55. The van der Waals surface area contributed by atoms with Crippen molar-refractivity contribution in [2.24, 2.45) is 4.99 Å². The van der Waals surface area contributed by atoms with Gasteiger partial charge in [-0.25, -0.2) is 14.2 Å². The molecule has 0 aliphatic carbocycles. The lowest BCUT2D eigenvalue weighted by Crippen LogP contribution is -2.05. The van der Waals surface area contributed by atoms with E-state index in [0.29, 0.717) is 35.8 Å². The zero-order chi connectivity index (χ0) is 22.5. The molecule has 162 valence electrons. The summed E-state index contributed by atoms with van der Waals surface area (Å²) in [4.78, 5) is 16.5. The first-order valence-electron chi connectivity index (χ1n) is 9.94. The molecule has 0 unspecified atom stereocenters. The number of cyclic esters (lactones) is 1. The number of nitrogens with zero attached hydrogens (tertiary/aromatic N) is 1. The second kappa shape index (κ2) is 9.95. The van der Waals surface area contributed by atoms with Crippen molar-refractivity contribution in [2.45, 2.75) is 13.5 Å². The quantitative estimate of drug-likeness (QED) is 0.216. The van der Waals surface area contributed by atoms with Crippen molar-refractivity contribution in [1.29, 1.82) is 0 Å². The molecule has 3 aromatic rings. The first-order valence-corrected chi connectivity index (χ1v) is 11.0. The normalized spacial score (nSPS) is 14.3. The molecule has 0 spiro atoms. The minimum atomic E-state index is -0.596. The molecule has 3 aromatic carbocycles. The van der Waals surface area contributed by atoms with E-state index < -0.39 is 11.8 Å². The molecule has 0 fully saturated rings. The summed E-state index contributed by atoms with van der Waals surface area (Å²) in [6.07, 6.45) is 1.60. The fourth-order valence-electron chi connectivity index (χ4n) is 3.06. The van der Waals surface area contributed by atoms with Gasteiger partial charge in [0.1, 0.15) is 12.4 Å². The van der Waals surface area contributed by atoms with Gasteiger partial charge in [-0.1, -0.05) is 24.3 Å². The van der Waals surface area contributed by atoms with Crippen molar-refractivity contribution >= 4 is 40.5 Å². The standard InChI is InChI=1S/C25H19FINO4/c1-2-30-23-13-17(8-11-22(23)31-15-16-6-9-20(27)10-7-16)12-21-25(29)32-24(28-21)18-4-3-5-19(26)14-18/h3-14H,2,15H2,1H3/b21-12-. The van der Waals surface area contributed by atoms with Crippen LogP contribution in [0.3, 0.4) is 0 Å². The highest BCUT2D eigenvalue weighted by molar-refractivity contribution is 14.1. The first-order chi connectivity index (χ1) is 15.5. The van der Waals surface area contributed by atoms with Crippen molar-refractivity contribution < 1.29 is 23.4 Å². The molecule has 1 heterocycles. The summed E-state index contributed by atoms with van der Waals surface area (Å²) in [6, 6.07) is 19.2. The molecule has 0 aromatic heterocycles. The molecule has 0 N–H and O–H groups in total. The van der Waals surface area contributed by atoms with Gasteiger partial charge in [-0.2, -0.15) is 0 Å². The van der Waals surface area contributed by atoms with Crippen LogP contribution in [0.1, 0.15) is 23.6 Å². The number of hydrogen-bond donors (Lipinski definition) is 0. The second-order valence-corrected chi connectivity index (χ2v) is 8.15. The third kappa shape index (κ3) is 5.34. The van der Waals surface area contributed by atoms with Gasteiger partial charge in [-0.3, -0.25) is 0 Å². The number of carbonyl (C=O) groups is 1. The van der Waals surface area contributed by atoms with Crippen molar-refractivity contribution in [3.8, 4) is 11.5 Å². The molecule has 0 bridgehead atoms. The van der Waals surface area contributed by atoms with E-state index in [4.69, 9.17) is 14.2 Å². The molecule has 0 radical (unpaired) electrons. The van der Waals surface area contributed by atoms with Gasteiger partial charge in [0.05, 0.1) is 6.61 Å². The minimum Gasteiger partial charge on any atom is -0.490 e. The number of rotatable bonds is 7. The number of ether oxygens (including phenoxy) is 3. The van der Waals surface area contributed by atoms with Crippen LogP contribution in [0.4, 0.5) is 4.39 Å². The predicted octanol–water partition coefficient (Wildman–Crippen LogP) is 5.75. The van der Waals surface area contributed by atoms with E-state index in [2.05, 4.69) is 27.6 Å². The van der Waals surface area contributed by atoms with Gasteiger partial charge in [0.25, 0.3) is 0 Å². The highest BCUT2D eigenvalue weighted by Gasteiger charge is 2.24. The van der Waals surface area contributed by atoms with E-state index >= 15 is 0 Å². The molecule has 32 heavy (non-hydrogen) atoms. The SMILES string of the molecule is CCOc1cc(/C=C2\N=C(c3cccc(F)c3)OC2=O)ccc1OCc1ccc(I)cc1. The van der Waals surface area contributed by atoms with Crippen LogP contribution in [0.15, 0.2) is 77.4 Å². The maximum absolute atomic E-state index is 13.5. The summed E-state index contributed by atoms with van der Waals surface area (Å²) in [5.74, 6) is 0.212. The van der Waals surface area contributed by atoms with Crippen LogP contribution in [-0.2, 0) is 16.1 Å². The topological polar surface area (TPSA) is 57.1 Å². The molecule has 1 aliphatic rings. The first kappa shape index (κ1) is 22.0. The molecule has 1 aliphatic heterocycles. The highest BCUT2D eigenvalue weighted by atomic mass is 127. The van der Waals surface area contributed by atoms with E-state index in [1.165, 1.54) is 18.2 Å². The van der Waals surface area contributed by atoms with E-state index in [1.54, 1.807) is 24.3 Å². The average Bonchev–Trinajstić information content (AvgIpc) is 3.15. The summed E-state index contributed by atoms with van der Waals surface area (Å²) in [5, 5.41) is 0. The molecule has 0 saturated heterocycles. The van der Waals surface area contributed by atoms with Crippen molar-refractivity contribution in [2.75, 3.05) is 6.61 Å². The third-order valence-corrected chi connectivity index (χ3v) is 5.29. The van der Waals surface area contributed by atoms with Crippen LogP contribution in [0.5, 0.6) is 11.5 Å². The Kier molecular flexibility index (Phi) is 6.84. The Bertz CT molecular complexity index is 1200. The largest absolute Gasteiger partial charge is 0.490 e. The molecule has 0 amide bonds. The number of halogens is 2.